The first-order chi connectivity index (χ1) is 16.8. The monoisotopic (exact) mass is 490 g/mol. The highest BCUT2D eigenvalue weighted by Gasteiger charge is 2.32. The van der Waals surface area contributed by atoms with E-state index < -0.39 is 15.7 Å². The molecule has 35 heavy (non-hydrogen) atoms. The van der Waals surface area contributed by atoms with Crippen molar-refractivity contribution in [3.05, 3.63) is 90.8 Å². The van der Waals surface area contributed by atoms with Crippen LogP contribution in [0, 0.1) is 0 Å². The summed E-state index contributed by atoms with van der Waals surface area (Å²) in [6, 6.07) is 18.1. The van der Waals surface area contributed by atoms with Gasteiger partial charge in [-0.15, -0.1) is 0 Å². The Morgan fingerprint density at radius 1 is 1.00 bits per heavy atom. The maximum atomic E-state index is 12.1. The van der Waals surface area contributed by atoms with Crippen molar-refractivity contribution in [2.24, 2.45) is 0 Å². The van der Waals surface area contributed by atoms with Gasteiger partial charge < -0.3 is 16.0 Å². The zero-order chi connectivity index (χ0) is 24.9. The van der Waals surface area contributed by atoms with Crippen LogP contribution in [0.1, 0.15) is 18.9 Å². The number of amides is 1. The smallest absolute Gasteiger partial charge is 0.240 e. The van der Waals surface area contributed by atoms with E-state index in [2.05, 4.69) is 30.6 Å². The molecule has 4 N–H and O–H groups in total. The Labute approximate surface area is 204 Å². The lowest BCUT2D eigenvalue weighted by Crippen LogP contribution is -2.53. The van der Waals surface area contributed by atoms with Crippen LogP contribution in [-0.4, -0.2) is 37.0 Å². The second-order valence-corrected chi connectivity index (χ2v) is 9.91. The lowest BCUT2D eigenvalue weighted by atomic mass is 9.89. The van der Waals surface area contributed by atoms with Crippen LogP contribution in [0.3, 0.4) is 0 Å². The number of hydrogen-bond acceptors (Lipinski definition) is 7. The van der Waals surface area contributed by atoms with Crippen LogP contribution >= 0.6 is 0 Å². The molecule has 3 aromatic rings. The maximum absolute atomic E-state index is 12.1. The average molecular weight is 491 g/mol. The lowest BCUT2D eigenvalue weighted by molar-refractivity contribution is -0.120. The molecular weight excluding hydrogens is 464 g/mol. The van der Waals surface area contributed by atoms with Gasteiger partial charge in [-0.1, -0.05) is 48.6 Å². The van der Waals surface area contributed by atoms with Gasteiger partial charge in [0.1, 0.15) is 23.6 Å². The van der Waals surface area contributed by atoms with Crippen molar-refractivity contribution in [3.63, 3.8) is 0 Å². The number of carbonyl (C=O) groups is 1. The van der Waals surface area contributed by atoms with Gasteiger partial charge in [-0.05, 0) is 42.5 Å². The van der Waals surface area contributed by atoms with Gasteiger partial charge in [0.15, 0.2) is 0 Å². The fourth-order valence-corrected chi connectivity index (χ4v) is 4.62. The van der Waals surface area contributed by atoms with E-state index in [1.54, 1.807) is 18.2 Å². The summed E-state index contributed by atoms with van der Waals surface area (Å²) in [5.41, 5.74) is 1.78. The van der Waals surface area contributed by atoms with Gasteiger partial charge in [-0.3, -0.25) is 4.79 Å². The van der Waals surface area contributed by atoms with Gasteiger partial charge in [0.2, 0.25) is 15.9 Å². The third-order valence-electron chi connectivity index (χ3n) is 5.39. The van der Waals surface area contributed by atoms with E-state index in [0.717, 1.165) is 11.1 Å². The minimum atomic E-state index is -3.58. The van der Waals surface area contributed by atoms with Crippen molar-refractivity contribution in [3.8, 4) is 0 Å². The molecule has 180 valence electrons. The molecule has 10 heteroatoms. The standard InChI is InChI=1S/C25H26N6O3S/c1-18(32)30-25(13-7-10-20(16-25)19-8-4-3-5-9-19)31-24-15-23(27-17-28-24)29-21-11-6-12-22(14-21)35(33,34)26-2/h3-15,17,26H,16H2,1-2H3,(H,30,32)(H2,27,28,29,31). The lowest BCUT2D eigenvalue weighted by Gasteiger charge is -2.36. The quantitative estimate of drug-likeness (QED) is 0.357. The first kappa shape index (κ1) is 24.1. The van der Waals surface area contributed by atoms with E-state index >= 15 is 0 Å². The van der Waals surface area contributed by atoms with Gasteiger partial charge in [0.05, 0.1) is 4.90 Å². The molecule has 1 amide bonds. The fourth-order valence-electron chi connectivity index (χ4n) is 3.84. The number of rotatable bonds is 8. The Morgan fingerprint density at radius 3 is 2.51 bits per heavy atom. The van der Waals surface area contributed by atoms with Crippen LogP contribution in [0.25, 0.3) is 5.57 Å². The SMILES string of the molecule is CNS(=O)(=O)c1cccc(Nc2cc(NC3(NC(C)=O)C=CC=C(c4ccccc4)C3)ncn2)c1. The first-order valence-electron chi connectivity index (χ1n) is 10.9. The summed E-state index contributed by atoms with van der Waals surface area (Å²) in [6.07, 6.45) is 7.71. The van der Waals surface area contributed by atoms with Crippen LogP contribution in [0.5, 0.6) is 0 Å². The highest BCUT2D eigenvalue weighted by Crippen LogP contribution is 2.31. The molecule has 1 heterocycles. The number of allylic oxidation sites excluding steroid dienone is 2. The van der Waals surface area contributed by atoms with E-state index in [1.165, 1.54) is 32.4 Å². The normalized spacial score (nSPS) is 17.4. The molecule has 1 aliphatic rings. The number of sulfonamides is 1. The molecule has 9 nitrogen and oxygen atoms in total. The number of hydrogen-bond donors (Lipinski definition) is 4. The molecular formula is C25H26N6O3S. The molecule has 1 aliphatic carbocycles. The Balaban J connectivity index is 1.58. The topological polar surface area (TPSA) is 125 Å². The van der Waals surface area contributed by atoms with E-state index in [9.17, 15) is 13.2 Å². The van der Waals surface area contributed by atoms with Crippen LogP contribution in [0.2, 0.25) is 0 Å². The third-order valence-corrected chi connectivity index (χ3v) is 6.81. The van der Waals surface area contributed by atoms with Gasteiger partial charge in [0, 0.05) is 25.1 Å². The zero-order valence-corrected chi connectivity index (χ0v) is 20.1. The van der Waals surface area contributed by atoms with Gasteiger partial charge in [-0.2, -0.15) is 0 Å². The molecule has 0 radical (unpaired) electrons. The van der Waals surface area contributed by atoms with Crippen molar-refractivity contribution in [1.29, 1.82) is 0 Å². The van der Waals surface area contributed by atoms with Crippen molar-refractivity contribution in [2.45, 2.75) is 23.9 Å². The Morgan fingerprint density at radius 2 is 1.77 bits per heavy atom. The zero-order valence-electron chi connectivity index (χ0n) is 19.3. The largest absolute Gasteiger partial charge is 0.344 e. The molecule has 2 aromatic carbocycles. The predicted molar refractivity (Wildman–Crippen MR) is 136 cm³/mol. The summed E-state index contributed by atoms with van der Waals surface area (Å²) in [6.45, 7) is 1.47. The Hall–Kier alpha value is -4.02. The first-order valence-corrected chi connectivity index (χ1v) is 12.4. The molecule has 0 bridgehead atoms. The van der Waals surface area contributed by atoms with Crippen LogP contribution in [0.15, 0.2) is 90.1 Å². The molecule has 1 atom stereocenters. The van der Waals surface area contributed by atoms with E-state index in [1.807, 2.05) is 48.6 Å². The van der Waals surface area contributed by atoms with Crippen molar-refractivity contribution in [1.82, 2.24) is 20.0 Å². The van der Waals surface area contributed by atoms with Crippen molar-refractivity contribution >= 4 is 38.8 Å². The molecule has 0 spiro atoms. The summed E-state index contributed by atoms with van der Waals surface area (Å²) < 4.78 is 26.5. The fraction of sp³-hybridized carbons (Fsp3) is 0.160. The Kier molecular flexibility index (Phi) is 6.94. The van der Waals surface area contributed by atoms with E-state index in [4.69, 9.17) is 0 Å². The molecule has 0 saturated heterocycles. The summed E-state index contributed by atoms with van der Waals surface area (Å²) in [5, 5.41) is 9.46. The second-order valence-electron chi connectivity index (χ2n) is 8.02. The molecule has 0 fully saturated rings. The Bertz CT molecular complexity index is 1390. The summed E-state index contributed by atoms with van der Waals surface area (Å²) in [7, 11) is -2.21. The van der Waals surface area contributed by atoms with Crippen LogP contribution in [-0.2, 0) is 14.8 Å². The minimum absolute atomic E-state index is 0.134. The van der Waals surface area contributed by atoms with Crippen molar-refractivity contribution < 1.29 is 13.2 Å². The molecule has 0 saturated carbocycles. The number of nitrogens with one attached hydrogen (secondary N) is 4. The minimum Gasteiger partial charge on any atom is -0.344 e. The number of benzene rings is 2. The van der Waals surface area contributed by atoms with Crippen molar-refractivity contribution in [2.75, 3.05) is 17.7 Å². The molecule has 1 aromatic heterocycles. The van der Waals surface area contributed by atoms with Gasteiger partial charge in [0.25, 0.3) is 0 Å². The molecule has 0 aliphatic heterocycles. The number of anilines is 3. The predicted octanol–water partition coefficient (Wildman–Crippen LogP) is 3.42. The summed E-state index contributed by atoms with van der Waals surface area (Å²) >= 11 is 0. The summed E-state index contributed by atoms with van der Waals surface area (Å²) in [4.78, 5) is 20.8. The third kappa shape index (κ3) is 5.92. The van der Waals surface area contributed by atoms with E-state index in [-0.39, 0.29) is 10.8 Å². The van der Waals surface area contributed by atoms with E-state index in [0.29, 0.717) is 23.7 Å². The molecule has 4 rings (SSSR count). The van der Waals surface area contributed by atoms with Crippen LogP contribution in [0.4, 0.5) is 17.3 Å². The molecule has 1 unspecified atom stereocenters. The maximum Gasteiger partial charge on any atom is 0.240 e. The highest BCUT2D eigenvalue weighted by atomic mass is 32.2. The van der Waals surface area contributed by atoms with Gasteiger partial charge >= 0.3 is 0 Å². The summed E-state index contributed by atoms with van der Waals surface area (Å²) in [5.74, 6) is 0.749. The van der Waals surface area contributed by atoms with Crippen LogP contribution < -0.4 is 20.7 Å². The number of carbonyl (C=O) groups excluding carboxylic acids is 1. The van der Waals surface area contributed by atoms with Gasteiger partial charge in [-0.25, -0.2) is 23.1 Å². The number of nitrogens with zero attached hydrogens (tertiary/aromatic N) is 2. The number of aromatic nitrogens is 2. The highest BCUT2D eigenvalue weighted by molar-refractivity contribution is 7.89. The average Bonchev–Trinajstić information content (AvgIpc) is 2.84. The second kappa shape index (κ2) is 10.1.